The van der Waals surface area contributed by atoms with E-state index in [4.69, 9.17) is 9.99 Å². The molecule has 2 aromatic carbocycles. The molecule has 0 radical (unpaired) electrons. The average molecular weight is 537 g/mol. The summed E-state index contributed by atoms with van der Waals surface area (Å²) in [6.45, 7) is 0.290. The third-order valence-corrected chi connectivity index (χ3v) is 7.90. The second-order valence-corrected chi connectivity index (χ2v) is 10.1. The molecule has 1 aliphatic carbocycles. The third-order valence-electron chi connectivity index (χ3n) is 6.57. The number of ketones is 1. The molecule has 196 valence electrons. The number of thiophene rings is 1. The molecule has 2 heterocycles. The quantitative estimate of drug-likeness (QED) is 0.164. The van der Waals surface area contributed by atoms with Crippen LogP contribution in [0.5, 0.6) is 0 Å². The molecule has 1 aromatic heterocycles. The number of hydrogen-bond donors (Lipinski definition) is 4. The standard InChI is InChI=1S/C27H24N2O8S/c30-20(16-7-4-8-19-23(16)27(19,26(34)35)37-36-14-22(31)32)13-29-25(33)24-17(11-15-5-2-1-3-6-15)18-12-28-10-9-21(18)38-24/h1-8,28H,9-14H2,(H,29,33)(H,31,32)(H,34,35). The minimum Gasteiger partial charge on any atom is -0.479 e. The maximum atomic E-state index is 13.3. The first-order chi connectivity index (χ1) is 18.3. The Morgan fingerprint density at radius 1 is 1.05 bits per heavy atom. The van der Waals surface area contributed by atoms with Crippen LogP contribution in [0.25, 0.3) is 0 Å². The number of rotatable bonds is 11. The van der Waals surface area contributed by atoms with Gasteiger partial charge in [0.2, 0.25) is 0 Å². The molecule has 3 aromatic rings. The molecular formula is C27H24N2O8S. The Kier molecular flexibility index (Phi) is 7.09. The number of fused-ring (bicyclic) bond motifs is 2. The van der Waals surface area contributed by atoms with E-state index in [1.165, 1.54) is 29.5 Å². The zero-order valence-electron chi connectivity index (χ0n) is 20.1. The van der Waals surface area contributed by atoms with E-state index in [1.54, 1.807) is 0 Å². The highest BCUT2D eigenvalue weighted by molar-refractivity contribution is 7.14. The van der Waals surface area contributed by atoms with Crippen LogP contribution >= 0.6 is 11.3 Å². The van der Waals surface area contributed by atoms with E-state index in [9.17, 15) is 24.3 Å². The summed E-state index contributed by atoms with van der Waals surface area (Å²) in [6.07, 6.45) is 1.41. The van der Waals surface area contributed by atoms with E-state index in [2.05, 4.69) is 15.5 Å². The summed E-state index contributed by atoms with van der Waals surface area (Å²) in [4.78, 5) is 60.4. The summed E-state index contributed by atoms with van der Waals surface area (Å²) in [5, 5.41) is 24.6. The summed E-state index contributed by atoms with van der Waals surface area (Å²) in [7, 11) is 0. The van der Waals surface area contributed by atoms with Crippen molar-refractivity contribution in [3.8, 4) is 0 Å². The van der Waals surface area contributed by atoms with Gasteiger partial charge in [-0.2, -0.15) is 0 Å². The largest absolute Gasteiger partial charge is 0.479 e. The maximum absolute atomic E-state index is 13.3. The second-order valence-electron chi connectivity index (χ2n) is 8.96. The summed E-state index contributed by atoms with van der Waals surface area (Å²) in [6, 6.07) is 14.2. The van der Waals surface area contributed by atoms with Crippen molar-refractivity contribution in [3.05, 3.63) is 91.7 Å². The Balaban J connectivity index is 1.33. The number of aliphatic carboxylic acids is 2. The van der Waals surface area contributed by atoms with E-state index in [-0.39, 0.29) is 29.1 Å². The molecule has 2 aliphatic rings. The highest BCUT2D eigenvalue weighted by Gasteiger charge is 2.63. The number of benzene rings is 2. The topological polar surface area (TPSA) is 151 Å². The average Bonchev–Trinajstić information content (AvgIpc) is 3.44. The minimum absolute atomic E-state index is 0.0586. The number of carbonyl (C=O) groups excluding carboxylic acids is 2. The minimum atomic E-state index is -2.06. The first-order valence-electron chi connectivity index (χ1n) is 11.9. The van der Waals surface area contributed by atoms with E-state index < -0.39 is 29.9 Å². The Labute approximate surface area is 221 Å². The highest BCUT2D eigenvalue weighted by atomic mass is 32.1. The van der Waals surface area contributed by atoms with Gasteiger partial charge in [0.05, 0.1) is 11.4 Å². The van der Waals surface area contributed by atoms with Gasteiger partial charge >= 0.3 is 11.9 Å². The number of Topliss-reactive ketones (excluding diaryl/α,β-unsaturated/α-hetero) is 1. The molecule has 38 heavy (non-hydrogen) atoms. The van der Waals surface area contributed by atoms with E-state index in [0.717, 1.165) is 34.5 Å². The monoisotopic (exact) mass is 536 g/mol. The number of carboxylic acid groups (broad SMARTS) is 2. The SMILES string of the molecule is O=C(O)COOC1(C(=O)O)c2cccc(C(=O)CNC(=O)c3sc4c(c3Cc3ccccc3)CNCC4)c21. The molecule has 0 fully saturated rings. The van der Waals surface area contributed by atoms with Crippen molar-refractivity contribution >= 4 is 35.0 Å². The molecule has 1 atom stereocenters. The van der Waals surface area contributed by atoms with Crippen LogP contribution in [0.3, 0.4) is 0 Å². The zero-order valence-corrected chi connectivity index (χ0v) is 20.9. The van der Waals surface area contributed by atoms with Crippen LogP contribution in [0.2, 0.25) is 0 Å². The van der Waals surface area contributed by atoms with Gasteiger partial charge in [-0.05, 0) is 29.5 Å². The predicted molar refractivity (Wildman–Crippen MR) is 135 cm³/mol. The van der Waals surface area contributed by atoms with Crippen LogP contribution < -0.4 is 10.6 Å². The Hall–Kier alpha value is -3.90. The Morgan fingerprint density at radius 3 is 2.58 bits per heavy atom. The van der Waals surface area contributed by atoms with Crippen molar-refractivity contribution in [2.24, 2.45) is 0 Å². The maximum Gasteiger partial charge on any atom is 0.348 e. The lowest BCUT2D eigenvalue weighted by molar-refractivity contribution is -0.333. The molecule has 4 N–H and O–H groups in total. The van der Waals surface area contributed by atoms with Crippen LogP contribution in [-0.4, -0.2) is 53.5 Å². The van der Waals surface area contributed by atoms with Crippen LogP contribution in [0.15, 0.2) is 48.5 Å². The number of amides is 1. The van der Waals surface area contributed by atoms with Gasteiger partial charge in [0.25, 0.3) is 11.5 Å². The fraction of sp³-hybridized carbons (Fsp3) is 0.259. The fourth-order valence-corrected chi connectivity index (χ4v) is 6.02. The van der Waals surface area contributed by atoms with Gasteiger partial charge in [-0.15, -0.1) is 11.3 Å². The van der Waals surface area contributed by atoms with Gasteiger partial charge in [0, 0.05) is 34.7 Å². The Bertz CT molecular complexity index is 1430. The molecule has 11 heteroatoms. The van der Waals surface area contributed by atoms with Gasteiger partial charge in [0.1, 0.15) is 0 Å². The summed E-state index contributed by atoms with van der Waals surface area (Å²) in [5.41, 5.74) is 1.41. The van der Waals surface area contributed by atoms with Gasteiger partial charge in [-0.1, -0.05) is 48.5 Å². The highest BCUT2D eigenvalue weighted by Crippen LogP contribution is 2.53. The first kappa shape index (κ1) is 25.7. The lowest BCUT2D eigenvalue weighted by Crippen LogP contribution is -2.31. The van der Waals surface area contributed by atoms with Gasteiger partial charge in [0.15, 0.2) is 12.4 Å². The van der Waals surface area contributed by atoms with Crippen molar-refractivity contribution in [1.29, 1.82) is 0 Å². The molecule has 1 amide bonds. The van der Waals surface area contributed by atoms with Crippen molar-refractivity contribution in [2.75, 3.05) is 19.7 Å². The molecule has 0 bridgehead atoms. The number of hydrogen-bond acceptors (Lipinski definition) is 8. The van der Waals surface area contributed by atoms with Crippen molar-refractivity contribution in [1.82, 2.24) is 10.6 Å². The molecule has 0 saturated heterocycles. The molecule has 5 rings (SSSR count). The lowest BCUT2D eigenvalue weighted by atomic mass is 9.97. The number of carbonyl (C=O) groups is 4. The smallest absolute Gasteiger partial charge is 0.348 e. The van der Waals surface area contributed by atoms with Crippen molar-refractivity contribution in [3.63, 3.8) is 0 Å². The zero-order chi connectivity index (χ0) is 26.9. The van der Waals surface area contributed by atoms with E-state index in [0.29, 0.717) is 17.8 Å². The van der Waals surface area contributed by atoms with E-state index >= 15 is 0 Å². The molecule has 1 aliphatic heterocycles. The van der Waals surface area contributed by atoms with E-state index in [1.807, 2.05) is 30.3 Å². The normalized spacial score (nSPS) is 17.3. The van der Waals surface area contributed by atoms with Crippen LogP contribution in [0, 0.1) is 0 Å². The second kappa shape index (κ2) is 10.5. The van der Waals surface area contributed by atoms with Gasteiger partial charge < -0.3 is 20.8 Å². The van der Waals surface area contributed by atoms with Crippen LogP contribution in [0.4, 0.5) is 0 Å². The number of carboxylic acids is 2. The van der Waals surface area contributed by atoms with Crippen LogP contribution in [0.1, 0.15) is 52.7 Å². The molecular weight excluding hydrogens is 512 g/mol. The van der Waals surface area contributed by atoms with Gasteiger partial charge in [-0.3, -0.25) is 9.59 Å². The fourth-order valence-electron chi connectivity index (χ4n) is 4.77. The summed E-state index contributed by atoms with van der Waals surface area (Å²) < 4.78 is 0. The molecule has 1 unspecified atom stereocenters. The van der Waals surface area contributed by atoms with Crippen molar-refractivity contribution < 1.29 is 39.2 Å². The summed E-state index contributed by atoms with van der Waals surface area (Å²) >= 11 is 1.44. The number of nitrogens with one attached hydrogen (secondary N) is 2. The molecule has 10 nitrogen and oxygen atoms in total. The summed E-state index contributed by atoms with van der Waals surface area (Å²) in [5.74, 6) is -3.66. The first-order valence-corrected chi connectivity index (χ1v) is 12.7. The van der Waals surface area contributed by atoms with Gasteiger partial charge in [-0.25, -0.2) is 19.4 Å². The lowest BCUT2D eigenvalue weighted by Gasteiger charge is -2.15. The molecule has 0 spiro atoms. The third kappa shape index (κ3) is 4.72. The van der Waals surface area contributed by atoms with Crippen molar-refractivity contribution in [2.45, 2.75) is 25.0 Å². The Morgan fingerprint density at radius 2 is 1.84 bits per heavy atom. The van der Waals surface area contributed by atoms with Crippen LogP contribution in [-0.2, 0) is 44.4 Å². The molecule has 0 saturated carbocycles. The predicted octanol–water partition coefficient (Wildman–Crippen LogP) is 2.27.